The zero-order valence-corrected chi connectivity index (χ0v) is 20.5. The summed E-state index contributed by atoms with van der Waals surface area (Å²) in [5, 5.41) is 10.0. The van der Waals surface area contributed by atoms with Crippen LogP contribution in [0.5, 0.6) is 5.75 Å². The van der Waals surface area contributed by atoms with Gasteiger partial charge in [0.15, 0.2) is 0 Å². The van der Waals surface area contributed by atoms with Gasteiger partial charge in [-0.2, -0.15) is 5.90 Å². The first-order chi connectivity index (χ1) is 16.0. The number of carbonyl (C=O) groups excluding carboxylic acids is 1. The Balaban J connectivity index is 0.00000172. The highest BCUT2D eigenvalue weighted by molar-refractivity contribution is 5.80. The Bertz CT molecular complexity index is 752. The van der Waals surface area contributed by atoms with Gasteiger partial charge in [-0.15, -0.1) is 13.2 Å². The molecule has 1 aliphatic rings. The minimum atomic E-state index is 0.0628. The van der Waals surface area contributed by atoms with E-state index in [0.29, 0.717) is 5.75 Å². The van der Waals surface area contributed by atoms with Crippen molar-refractivity contribution in [1.29, 1.82) is 0 Å². The number of hydrogen-bond donors (Lipinski definition) is 4. The summed E-state index contributed by atoms with van der Waals surface area (Å²) in [6.07, 6.45) is 7.88. The second kappa shape index (κ2) is 16.7. The van der Waals surface area contributed by atoms with E-state index in [1.165, 1.54) is 0 Å². The third kappa shape index (κ3) is 11.0. The average Bonchev–Trinajstić information content (AvgIpc) is 3.04. The first-order valence-corrected chi connectivity index (χ1v) is 11.6. The van der Waals surface area contributed by atoms with E-state index in [1.54, 1.807) is 12.4 Å². The van der Waals surface area contributed by atoms with Gasteiger partial charge in [0.1, 0.15) is 12.3 Å². The molecule has 1 aromatic carbocycles. The van der Waals surface area contributed by atoms with Crippen LogP contribution in [0.15, 0.2) is 48.5 Å². The molecule has 33 heavy (non-hydrogen) atoms. The lowest BCUT2D eigenvalue weighted by Gasteiger charge is -2.29. The summed E-state index contributed by atoms with van der Waals surface area (Å²) in [6.45, 7) is 16.4. The van der Waals surface area contributed by atoms with Crippen LogP contribution in [0.1, 0.15) is 38.7 Å². The van der Waals surface area contributed by atoms with E-state index in [2.05, 4.69) is 41.0 Å². The normalized spacial score (nSPS) is 16.7. The van der Waals surface area contributed by atoms with Crippen molar-refractivity contribution in [2.75, 3.05) is 38.0 Å². The topological polar surface area (TPSA) is 104 Å². The van der Waals surface area contributed by atoms with Gasteiger partial charge < -0.3 is 25.7 Å². The van der Waals surface area contributed by atoms with Crippen LogP contribution in [0.25, 0.3) is 0 Å². The lowest BCUT2D eigenvalue weighted by molar-refractivity contribution is -0.131. The van der Waals surface area contributed by atoms with E-state index < -0.39 is 0 Å². The fourth-order valence-electron chi connectivity index (χ4n) is 3.47. The zero-order chi connectivity index (χ0) is 24.5. The molecule has 1 fully saturated rings. The number of carbonyl (C=O) groups is 1. The molecule has 0 radical (unpaired) electrons. The number of anilines is 1. The molecule has 184 valence electrons. The third-order valence-corrected chi connectivity index (χ3v) is 5.23. The lowest BCUT2D eigenvalue weighted by atomic mass is 10.1. The number of benzene rings is 1. The first kappa shape index (κ1) is 28.2. The lowest BCUT2D eigenvalue weighted by Crippen LogP contribution is -2.45. The molecular weight excluding hydrogens is 416 g/mol. The molecule has 1 aliphatic heterocycles. The first-order valence-electron chi connectivity index (χ1n) is 11.6. The molecule has 2 atom stereocenters. The number of nitrogens with one attached hydrogen (secondary N) is 3. The smallest absolute Gasteiger partial charge is 0.244 e. The van der Waals surface area contributed by atoms with E-state index in [9.17, 15) is 4.79 Å². The van der Waals surface area contributed by atoms with Gasteiger partial charge in [-0.05, 0) is 58.2 Å². The number of aliphatic imine (C=N–C) groups is 1. The van der Waals surface area contributed by atoms with Crippen molar-refractivity contribution in [2.45, 2.75) is 52.1 Å². The van der Waals surface area contributed by atoms with Gasteiger partial charge in [-0.25, -0.2) is 0 Å². The second-order valence-electron chi connectivity index (χ2n) is 8.08. The quantitative estimate of drug-likeness (QED) is 0.176. The molecule has 5 N–H and O–H groups in total. The van der Waals surface area contributed by atoms with Crippen LogP contribution >= 0.6 is 0 Å². The number of nitrogens with two attached hydrogens (primary N) is 1. The summed E-state index contributed by atoms with van der Waals surface area (Å²) in [4.78, 5) is 23.9. The van der Waals surface area contributed by atoms with Gasteiger partial charge in [-0.3, -0.25) is 9.79 Å². The Kier molecular flexibility index (Phi) is 14.3. The minimum absolute atomic E-state index is 0.0628. The van der Waals surface area contributed by atoms with Crippen LogP contribution in [-0.2, 0) is 4.79 Å². The number of amides is 1. The molecular formula is C25H42N6O2. The molecule has 0 aromatic heterocycles. The van der Waals surface area contributed by atoms with Crippen LogP contribution in [0.3, 0.4) is 0 Å². The highest BCUT2D eigenvalue weighted by Crippen LogP contribution is 2.21. The van der Waals surface area contributed by atoms with Crippen molar-refractivity contribution in [3.63, 3.8) is 0 Å². The van der Waals surface area contributed by atoms with Crippen molar-refractivity contribution in [3.05, 3.63) is 49.1 Å². The Morgan fingerprint density at radius 2 is 2.21 bits per heavy atom. The molecule has 2 rings (SSSR count). The van der Waals surface area contributed by atoms with Gasteiger partial charge in [-0.1, -0.05) is 18.2 Å². The number of hydrogen-bond acceptors (Lipinski definition) is 6. The maximum Gasteiger partial charge on any atom is 0.244 e. The maximum atomic E-state index is 12.8. The molecule has 0 bridgehead atoms. The summed E-state index contributed by atoms with van der Waals surface area (Å²) >= 11 is 0. The standard InChI is InChI=1S/C22H36N6O2.C3H6/c1-4-6-18(3)27-16-25-15-22(29)28-12-5-10-24-14-19(28)9-11-26-21-13-20(30-23)8-7-17(21)2;1-3-2/h4,7-8,13,16,18-19,24,26H,1,5-6,9-12,14-15,23H2,2-3H3,(H,25,27);3H,1H2,2H3/t18?,19-;/m1./s1. The van der Waals surface area contributed by atoms with Crippen molar-refractivity contribution < 1.29 is 9.63 Å². The van der Waals surface area contributed by atoms with E-state index in [1.807, 2.05) is 43.0 Å². The molecule has 8 heteroatoms. The fraction of sp³-hybridized carbons (Fsp3) is 0.520. The van der Waals surface area contributed by atoms with Gasteiger partial charge in [0, 0.05) is 43.5 Å². The SMILES string of the molecule is C=CC.C=CCC(C)NC=NCC(=O)N1CCCNC[C@H]1CCNc1cc(ON)ccc1C. The van der Waals surface area contributed by atoms with Crippen molar-refractivity contribution in [3.8, 4) is 5.75 Å². The van der Waals surface area contributed by atoms with Crippen LogP contribution < -0.4 is 26.7 Å². The fourth-order valence-corrected chi connectivity index (χ4v) is 3.47. The average molecular weight is 459 g/mol. The second-order valence-corrected chi connectivity index (χ2v) is 8.08. The Morgan fingerprint density at radius 3 is 2.91 bits per heavy atom. The van der Waals surface area contributed by atoms with E-state index in [-0.39, 0.29) is 24.5 Å². The molecule has 0 aliphatic carbocycles. The van der Waals surface area contributed by atoms with Crippen molar-refractivity contribution in [1.82, 2.24) is 15.5 Å². The number of rotatable bonds is 11. The van der Waals surface area contributed by atoms with Crippen LogP contribution in [0.2, 0.25) is 0 Å². The number of nitrogens with zero attached hydrogens (tertiary/aromatic N) is 2. The van der Waals surface area contributed by atoms with E-state index in [4.69, 9.17) is 10.7 Å². The zero-order valence-electron chi connectivity index (χ0n) is 20.5. The highest BCUT2D eigenvalue weighted by Gasteiger charge is 2.24. The molecule has 1 unspecified atom stereocenters. The summed E-state index contributed by atoms with van der Waals surface area (Å²) < 4.78 is 0. The summed E-state index contributed by atoms with van der Waals surface area (Å²) in [5.41, 5.74) is 2.11. The third-order valence-electron chi connectivity index (χ3n) is 5.23. The Morgan fingerprint density at radius 1 is 1.45 bits per heavy atom. The minimum Gasteiger partial charge on any atom is -0.411 e. The monoisotopic (exact) mass is 458 g/mol. The predicted octanol–water partition coefficient (Wildman–Crippen LogP) is 3.01. The van der Waals surface area contributed by atoms with Crippen LogP contribution in [0.4, 0.5) is 5.69 Å². The maximum absolute atomic E-state index is 12.8. The highest BCUT2D eigenvalue weighted by atomic mass is 16.6. The number of allylic oxidation sites excluding steroid dienone is 1. The summed E-state index contributed by atoms with van der Waals surface area (Å²) in [7, 11) is 0. The Labute approximate surface area is 199 Å². The molecule has 0 saturated carbocycles. The summed E-state index contributed by atoms with van der Waals surface area (Å²) in [5.74, 6) is 5.94. The van der Waals surface area contributed by atoms with E-state index in [0.717, 1.165) is 56.7 Å². The van der Waals surface area contributed by atoms with Gasteiger partial charge in [0.05, 0.1) is 6.34 Å². The molecule has 1 amide bonds. The van der Waals surface area contributed by atoms with Crippen molar-refractivity contribution in [2.24, 2.45) is 10.9 Å². The number of aryl methyl sites for hydroxylation is 1. The predicted molar refractivity (Wildman–Crippen MR) is 139 cm³/mol. The molecule has 1 aromatic rings. The van der Waals surface area contributed by atoms with Crippen LogP contribution in [0, 0.1) is 6.92 Å². The molecule has 1 heterocycles. The van der Waals surface area contributed by atoms with Crippen molar-refractivity contribution >= 4 is 17.9 Å². The molecule has 8 nitrogen and oxygen atoms in total. The Hall–Kier alpha value is -2.84. The van der Waals surface area contributed by atoms with Gasteiger partial charge >= 0.3 is 0 Å². The van der Waals surface area contributed by atoms with Crippen LogP contribution in [-0.4, -0.2) is 62.0 Å². The van der Waals surface area contributed by atoms with E-state index >= 15 is 0 Å². The largest absolute Gasteiger partial charge is 0.411 e. The van der Waals surface area contributed by atoms with Gasteiger partial charge in [0.2, 0.25) is 5.91 Å². The van der Waals surface area contributed by atoms with Gasteiger partial charge in [0.25, 0.3) is 0 Å². The molecule has 1 saturated heterocycles. The molecule has 0 spiro atoms. The summed E-state index contributed by atoms with van der Waals surface area (Å²) in [6, 6.07) is 6.08.